The molecule has 2 N–H and O–H groups in total. The average Bonchev–Trinajstić information content (AvgIpc) is 2.63. The zero-order valence-electron chi connectivity index (χ0n) is 15.0. The molecule has 1 fully saturated rings. The third-order valence-corrected chi connectivity index (χ3v) is 5.81. The summed E-state index contributed by atoms with van der Waals surface area (Å²) in [5, 5.41) is 0. The third kappa shape index (κ3) is 5.00. The lowest BCUT2D eigenvalue weighted by Gasteiger charge is -2.33. The van der Waals surface area contributed by atoms with Gasteiger partial charge in [-0.25, -0.2) is 8.42 Å². The molecule has 148 valence electrons. The fraction of sp³-hybridized carbons (Fsp3) is 0.562. The number of nitrogens with two attached hydrogens (primary N) is 1. The van der Waals surface area contributed by atoms with Gasteiger partial charge in [0.2, 0.25) is 15.9 Å². The molecule has 0 radical (unpaired) electrons. The first kappa shape index (κ1) is 22.5. The Morgan fingerprint density at radius 1 is 1.08 bits per heavy atom. The number of halogens is 1. The van der Waals surface area contributed by atoms with Crippen molar-refractivity contribution in [2.75, 3.05) is 45.9 Å². The minimum absolute atomic E-state index is 0. The van der Waals surface area contributed by atoms with Crippen LogP contribution in [-0.4, -0.2) is 69.5 Å². The highest BCUT2D eigenvalue weighted by atomic mass is 35.5. The van der Waals surface area contributed by atoms with Crippen LogP contribution in [0.25, 0.3) is 0 Å². The molecule has 1 aromatic carbocycles. The highest BCUT2D eigenvalue weighted by molar-refractivity contribution is 7.89. The van der Waals surface area contributed by atoms with Crippen LogP contribution in [0, 0.1) is 0 Å². The van der Waals surface area contributed by atoms with E-state index in [0.29, 0.717) is 37.8 Å². The Bertz CT molecular complexity index is 706. The molecule has 1 saturated heterocycles. The Labute approximate surface area is 160 Å². The smallest absolute Gasteiger partial charge is 0.243 e. The summed E-state index contributed by atoms with van der Waals surface area (Å²) in [6.45, 7) is 5.63. The van der Waals surface area contributed by atoms with E-state index >= 15 is 0 Å². The highest BCUT2D eigenvalue weighted by Crippen LogP contribution is 2.31. The van der Waals surface area contributed by atoms with Gasteiger partial charge in [-0.05, 0) is 26.0 Å². The fourth-order valence-electron chi connectivity index (χ4n) is 2.65. The van der Waals surface area contributed by atoms with Crippen LogP contribution in [0.3, 0.4) is 0 Å². The van der Waals surface area contributed by atoms with Crippen molar-refractivity contribution in [3.8, 4) is 11.5 Å². The van der Waals surface area contributed by atoms with Gasteiger partial charge in [-0.1, -0.05) is 0 Å². The molecule has 26 heavy (non-hydrogen) atoms. The molecule has 1 heterocycles. The number of nitrogens with zero attached hydrogens (tertiary/aromatic N) is 2. The van der Waals surface area contributed by atoms with E-state index in [4.69, 9.17) is 15.2 Å². The van der Waals surface area contributed by atoms with Crippen LogP contribution in [-0.2, 0) is 14.8 Å². The summed E-state index contributed by atoms with van der Waals surface area (Å²) in [5.41, 5.74) is 5.35. The number of hydrogen-bond acceptors (Lipinski definition) is 6. The van der Waals surface area contributed by atoms with Crippen molar-refractivity contribution >= 4 is 28.3 Å². The number of hydrogen-bond donors (Lipinski definition) is 1. The second-order valence-corrected chi connectivity index (χ2v) is 7.40. The second-order valence-electron chi connectivity index (χ2n) is 5.46. The van der Waals surface area contributed by atoms with Gasteiger partial charge in [0.25, 0.3) is 0 Å². The summed E-state index contributed by atoms with van der Waals surface area (Å²) in [4.78, 5) is 13.3. The standard InChI is InChI=1S/C16H25N3O5S.ClH/c1-3-23-14-6-5-13(11-15(14)24-4-2)25(21,22)19-9-7-18(8-10-19)16(20)12-17;/h5-6,11H,3-4,7-10,12,17H2,1-2H3;1H. The minimum atomic E-state index is -3.66. The van der Waals surface area contributed by atoms with Gasteiger partial charge in [-0.2, -0.15) is 4.31 Å². The molecule has 1 amide bonds. The number of amides is 1. The van der Waals surface area contributed by atoms with Crippen molar-refractivity contribution in [1.29, 1.82) is 0 Å². The number of carbonyl (C=O) groups excluding carboxylic acids is 1. The van der Waals surface area contributed by atoms with E-state index in [1.54, 1.807) is 11.0 Å². The average molecular weight is 408 g/mol. The summed E-state index contributed by atoms with van der Waals surface area (Å²) in [6, 6.07) is 4.61. The summed E-state index contributed by atoms with van der Waals surface area (Å²) in [7, 11) is -3.66. The molecule has 1 aromatic rings. The summed E-state index contributed by atoms with van der Waals surface area (Å²) in [5.74, 6) is 0.751. The van der Waals surface area contributed by atoms with Gasteiger partial charge in [-0.15, -0.1) is 12.4 Å². The Morgan fingerprint density at radius 2 is 1.65 bits per heavy atom. The van der Waals surface area contributed by atoms with E-state index in [1.165, 1.54) is 16.4 Å². The lowest BCUT2D eigenvalue weighted by atomic mass is 10.3. The molecular formula is C16H26ClN3O5S. The van der Waals surface area contributed by atoms with Gasteiger partial charge < -0.3 is 20.1 Å². The Hall–Kier alpha value is -1.55. The van der Waals surface area contributed by atoms with Crippen molar-refractivity contribution < 1.29 is 22.7 Å². The Morgan fingerprint density at radius 3 is 2.19 bits per heavy atom. The van der Waals surface area contributed by atoms with Crippen LogP contribution >= 0.6 is 12.4 Å². The molecule has 2 rings (SSSR count). The van der Waals surface area contributed by atoms with E-state index < -0.39 is 10.0 Å². The van der Waals surface area contributed by atoms with Gasteiger partial charge in [0, 0.05) is 32.2 Å². The van der Waals surface area contributed by atoms with Crippen LogP contribution in [0.1, 0.15) is 13.8 Å². The van der Waals surface area contributed by atoms with Crippen molar-refractivity contribution in [2.24, 2.45) is 5.73 Å². The van der Waals surface area contributed by atoms with Crippen molar-refractivity contribution in [3.63, 3.8) is 0 Å². The molecule has 0 aliphatic carbocycles. The normalized spacial score (nSPS) is 15.3. The molecule has 0 saturated carbocycles. The maximum atomic E-state index is 12.9. The Kier molecular flexibility index (Phi) is 8.61. The first-order valence-electron chi connectivity index (χ1n) is 8.31. The molecule has 0 atom stereocenters. The molecule has 1 aliphatic rings. The fourth-order valence-corrected chi connectivity index (χ4v) is 4.09. The second kappa shape index (κ2) is 9.96. The molecule has 0 bridgehead atoms. The van der Waals surface area contributed by atoms with Gasteiger partial charge in [-0.3, -0.25) is 4.79 Å². The van der Waals surface area contributed by atoms with Gasteiger partial charge in [0.1, 0.15) is 0 Å². The number of benzene rings is 1. The first-order valence-corrected chi connectivity index (χ1v) is 9.75. The number of sulfonamides is 1. The largest absolute Gasteiger partial charge is 0.490 e. The maximum absolute atomic E-state index is 12.9. The van der Waals surface area contributed by atoms with Crippen LogP contribution in [0.5, 0.6) is 11.5 Å². The molecule has 8 nitrogen and oxygen atoms in total. The summed E-state index contributed by atoms with van der Waals surface area (Å²) >= 11 is 0. The van der Waals surface area contributed by atoms with Crippen molar-refractivity contribution in [2.45, 2.75) is 18.7 Å². The van der Waals surface area contributed by atoms with Crippen molar-refractivity contribution in [3.05, 3.63) is 18.2 Å². The zero-order chi connectivity index (χ0) is 18.4. The molecule has 10 heteroatoms. The summed E-state index contributed by atoms with van der Waals surface area (Å²) in [6.07, 6.45) is 0. The predicted molar refractivity (Wildman–Crippen MR) is 100 cm³/mol. The minimum Gasteiger partial charge on any atom is -0.490 e. The van der Waals surface area contributed by atoms with Crippen LogP contribution in [0.2, 0.25) is 0 Å². The first-order chi connectivity index (χ1) is 11.9. The third-order valence-electron chi connectivity index (χ3n) is 3.92. The SMILES string of the molecule is CCOc1ccc(S(=O)(=O)N2CCN(C(=O)CN)CC2)cc1OCC.Cl. The quantitative estimate of drug-likeness (QED) is 0.713. The van der Waals surface area contributed by atoms with Gasteiger partial charge >= 0.3 is 0 Å². The molecular weight excluding hydrogens is 382 g/mol. The molecule has 1 aliphatic heterocycles. The van der Waals surface area contributed by atoms with Crippen molar-refractivity contribution in [1.82, 2.24) is 9.21 Å². The predicted octanol–water partition coefficient (Wildman–Crippen LogP) is 0.697. The van der Waals surface area contributed by atoms with E-state index in [-0.39, 0.29) is 42.8 Å². The van der Waals surface area contributed by atoms with Crippen LogP contribution in [0.4, 0.5) is 0 Å². The number of rotatable bonds is 7. The van der Waals surface area contributed by atoms with Gasteiger partial charge in [0.05, 0.1) is 24.7 Å². The van der Waals surface area contributed by atoms with Gasteiger partial charge in [0.15, 0.2) is 11.5 Å². The monoisotopic (exact) mass is 407 g/mol. The van der Waals surface area contributed by atoms with Crippen LogP contribution < -0.4 is 15.2 Å². The molecule has 0 spiro atoms. The van der Waals surface area contributed by atoms with E-state index in [2.05, 4.69) is 0 Å². The Balaban J connectivity index is 0.00000338. The topological polar surface area (TPSA) is 102 Å². The lowest BCUT2D eigenvalue weighted by molar-refractivity contribution is -0.130. The molecule has 0 unspecified atom stereocenters. The van der Waals surface area contributed by atoms with E-state index in [9.17, 15) is 13.2 Å². The van der Waals surface area contributed by atoms with E-state index in [1.807, 2.05) is 13.8 Å². The van der Waals surface area contributed by atoms with E-state index in [0.717, 1.165) is 0 Å². The number of ether oxygens (including phenoxy) is 2. The lowest BCUT2D eigenvalue weighted by Crippen LogP contribution is -2.51. The summed E-state index contributed by atoms with van der Waals surface area (Å²) < 4.78 is 38.1. The maximum Gasteiger partial charge on any atom is 0.243 e. The molecule has 0 aromatic heterocycles. The zero-order valence-corrected chi connectivity index (χ0v) is 16.6. The number of carbonyl (C=O) groups is 1. The van der Waals surface area contributed by atoms with Crippen LogP contribution in [0.15, 0.2) is 23.1 Å². The highest BCUT2D eigenvalue weighted by Gasteiger charge is 2.30. The number of piperazine rings is 1.